The first kappa shape index (κ1) is 22.0. The van der Waals surface area contributed by atoms with E-state index in [1.807, 2.05) is 22.8 Å². The van der Waals surface area contributed by atoms with Crippen LogP contribution in [0.15, 0.2) is 41.5 Å². The molecule has 0 saturated carbocycles. The van der Waals surface area contributed by atoms with Crippen molar-refractivity contribution in [3.05, 3.63) is 58.5 Å². The normalized spacial score (nSPS) is 12.3. The van der Waals surface area contributed by atoms with Crippen LogP contribution in [0.1, 0.15) is 24.2 Å². The number of aryl methyl sites for hydroxylation is 1. The number of pyridine rings is 1. The van der Waals surface area contributed by atoms with E-state index in [-0.39, 0.29) is 17.6 Å². The zero-order valence-corrected chi connectivity index (χ0v) is 17.1. The van der Waals surface area contributed by atoms with Crippen LogP contribution in [0.5, 0.6) is 0 Å². The van der Waals surface area contributed by atoms with E-state index in [1.165, 1.54) is 23.0 Å². The maximum absolute atomic E-state index is 13.1. The topological polar surface area (TPSA) is 83.7 Å². The molecule has 32 heavy (non-hydrogen) atoms. The third-order valence-corrected chi connectivity index (χ3v) is 5.35. The summed E-state index contributed by atoms with van der Waals surface area (Å²) < 4.78 is 55.7. The van der Waals surface area contributed by atoms with Gasteiger partial charge in [0.1, 0.15) is 12.4 Å². The Morgan fingerprint density at radius 2 is 1.81 bits per heavy atom. The maximum atomic E-state index is 13.1. The van der Waals surface area contributed by atoms with E-state index in [0.29, 0.717) is 41.8 Å². The number of imidazole rings is 2. The second-order valence-corrected chi connectivity index (χ2v) is 7.54. The number of nitrogens with zero attached hydrogens (tertiary/aromatic N) is 5. The smallest absolute Gasteiger partial charge is 0.326 e. The molecule has 4 rings (SSSR count). The van der Waals surface area contributed by atoms with E-state index in [9.17, 15) is 22.4 Å². The molecule has 4 aromatic rings. The average molecular weight is 450 g/mol. The van der Waals surface area contributed by atoms with Gasteiger partial charge in [0, 0.05) is 19.3 Å². The minimum atomic E-state index is -4.55. The van der Waals surface area contributed by atoms with Crippen molar-refractivity contribution in [1.29, 1.82) is 0 Å². The Labute approximate surface area is 180 Å². The SMILES string of the molecule is NCc1ccc2c(c1)nc(Cn1c(=O)n(CC(F)(F)F)c3ccncc31)n2CCCCF. The van der Waals surface area contributed by atoms with E-state index >= 15 is 0 Å². The number of hydrogen-bond acceptors (Lipinski definition) is 4. The lowest BCUT2D eigenvalue weighted by Crippen LogP contribution is -2.30. The predicted molar refractivity (Wildman–Crippen MR) is 112 cm³/mol. The molecule has 0 aliphatic rings. The van der Waals surface area contributed by atoms with Crippen molar-refractivity contribution in [3.8, 4) is 0 Å². The van der Waals surface area contributed by atoms with Gasteiger partial charge in [0.2, 0.25) is 0 Å². The fraction of sp³-hybridized carbons (Fsp3) is 0.381. The van der Waals surface area contributed by atoms with Crippen molar-refractivity contribution >= 4 is 22.1 Å². The summed E-state index contributed by atoms with van der Waals surface area (Å²) in [4.78, 5) is 21.6. The van der Waals surface area contributed by atoms with Crippen LogP contribution in [-0.4, -0.2) is 36.5 Å². The van der Waals surface area contributed by atoms with Gasteiger partial charge in [0.15, 0.2) is 0 Å². The molecular formula is C21H22F4N6O. The van der Waals surface area contributed by atoms with Crippen molar-refractivity contribution in [3.63, 3.8) is 0 Å². The quantitative estimate of drug-likeness (QED) is 0.330. The van der Waals surface area contributed by atoms with Crippen molar-refractivity contribution in [2.75, 3.05) is 6.67 Å². The van der Waals surface area contributed by atoms with Gasteiger partial charge in [-0.15, -0.1) is 0 Å². The molecule has 0 atom stereocenters. The van der Waals surface area contributed by atoms with Crippen LogP contribution in [-0.2, 0) is 26.2 Å². The summed E-state index contributed by atoms with van der Waals surface area (Å²) >= 11 is 0. The Morgan fingerprint density at radius 3 is 2.53 bits per heavy atom. The van der Waals surface area contributed by atoms with Crippen LogP contribution in [0.25, 0.3) is 22.1 Å². The first-order chi connectivity index (χ1) is 15.3. The van der Waals surface area contributed by atoms with Crippen LogP contribution in [0.3, 0.4) is 0 Å². The third-order valence-electron chi connectivity index (χ3n) is 5.35. The zero-order chi connectivity index (χ0) is 22.9. The van der Waals surface area contributed by atoms with Crippen LogP contribution in [0, 0.1) is 0 Å². The largest absolute Gasteiger partial charge is 0.406 e. The molecule has 0 amide bonds. The summed E-state index contributed by atoms with van der Waals surface area (Å²) in [7, 11) is 0. The number of rotatable bonds is 8. The number of nitrogens with two attached hydrogens (primary N) is 1. The summed E-state index contributed by atoms with van der Waals surface area (Å²) in [5.41, 5.74) is 7.68. The lowest BCUT2D eigenvalue weighted by molar-refractivity contribution is -0.140. The predicted octanol–water partition coefficient (Wildman–Crippen LogP) is 3.37. The van der Waals surface area contributed by atoms with Crippen molar-refractivity contribution in [2.45, 2.75) is 45.2 Å². The zero-order valence-electron chi connectivity index (χ0n) is 17.1. The number of benzene rings is 1. The minimum absolute atomic E-state index is 0.0475. The second kappa shape index (κ2) is 8.73. The monoisotopic (exact) mass is 450 g/mol. The lowest BCUT2D eigenvalue weighted by atomic mass is 10.2. The second-order valence-electron chi connectivity index (χ2n) is 7.54. The van der Waals surface area contributed by atoms with Gasteiger partial charge >= 0.3 is 11.9 Å². The first-order valence-electron chi connectivity index (χ1n) is 10.2. The van der Waals surface area contributed by atoms with Crippen LogP contribution < -0.4 is 11.4 Å². The molecule has 0 radical (unpaired) electrons. The number of unbranched alkanes of at least 4 members (excludes halogenated alkanes) is 1. The number of fused-ring (bicyclic) bond motifs is 2. The van der Waals surface area contributed by atoms with Crippen molar-refractivity contribution < 1.29 is 17.6 Å². The summed E-state index contributed by atoms with van der Waals surface area (Å²) in [6, 6.07) is 6.95. The summed E-state index contributed by atoms with van der Waals surface area (Å²) in [5.74, 6) is 0.491. The Kier molecular flexibility index (Phi) is 6.00. The molecule has 3 heterocycles. The first-order valence-corrected chi connectivity index (χ1v) is 10.2. The molecule has 11 heteroatoms. The Bertz CT molecular complexity index is 1300. The summed E-state index contributed by atoms with van der Waals surface area (Å²) in [6.07, 6.45) is -0.912. The molecule has 0 aliphatic heterocycles. The summed E-state index contributed by atoms with van der Waals surface area (Å²) in [6.45, 7) is -1.10. The molecule has 2 N–H and O–H groups in total. The average Bonchev–Trinajstić information content (AvgIpc) is 3.23. The maximum Gasteiger partial charge on any atom is 0.406 e. The number of alkyl halides is 4. The molecule has 0 fully saturated rings. The molecule has 0 aliphatic carbocycles. The molecule has 0 saturated heterocycles. The Balaban J connectivity index is 1.83. The standard InChI is InChI=1S/C21H22F4N6O/c22-6-1-2-8-29-16-4-3-14(10-26)9-15(16)28-19(29)12-30-18-11-27-7-5-17(18)31(20(30)32)13-21(23,24)25/h3-5,7,9,11H,1-2,6,8,10,12-13,26H2. The molecule has 0 spiro atoms. The van der Waals surface area contributed by atoms with E-state index in [4.69, 9.17) is 5.73 Å². The van der Waals surface area contributed by atoms with E-state index in [1.54, 1.807) is 0 Å². The summed E-state index contributed by atoms with van der Waals surface area (Å²) in [5, 5.41) is 0. The van der Waals surface area contributed by atoms with E-state index < -0.39 is 25.1 Å². The number of hydrogen-bond donors (Lipinski definition) is 1. The highest BCUT2D eigenvalue weighted by Crippen LogP contribution is 2.23. The highest BCUT2D eigenvalue weighted by molar-refractivity contribution is 5.77. The van der Waals surface area contributed by atoms with Crippen LogP contribution in [0.4, 0.5) is 17.6 Å². The molecular weight excluding hydrogens is 428 g/mol. The lowest BCUT2D eigenvalue weighted by Gasteiger charge is -2.10. The van der Waals surface area contributed by atoms with Gasteiger partial charge in [0.05, 0.1) is 41.5 Å². The fourth-order valence-corrected chi connectivity index (χ4v) is 3.88. The van der Waals surface area contributed by atoms with Crippen LogP contribution >= 0.6 is 0 Å². The van der Waals surface area contributed by atoms with Crippen molar-refractivity contribution in [2.24, 2.45) is 5.73 Å². The van der Waals surface area contributed by atoms with Gasteiger partial charge in [0.25, 0.3) is 0 Å². The van der Waals surface area contributed by atoms with Gasteiger partial charge in [-0.1, -0.05) is 6.07 Å². The Morgan fingerprint density at radius 1 is 1.00 bits per heavy atom. The minimum Gasteiger partial charge on any atom is -0.326 e. The third kappa shape index (κ3) is 4.24. The van der Waals surface area contributed by atoms with Gasteiger partial charge in [-0.3, -0.25) is 18.5 Å². The molecule has 0 bridgehead atoms. The highest BCUT2D eigenvalue weighted by atomic mass is 19.4. The molecule has 170 valence electrons. The van der Waals surface area contributed by atoms with Crippen LogP contribution in [0.2, 0.25) is 0 Å². The van der Waals surface area contributed by atoms with Gasteiger partial charge < -0.3 is 10.3 Å². The fourth-order valence-electron chi connectivity index (χ4n) is 3.88. The van der Waals surface area contributed by atoms with E-state index in [2.05, 4.69) is 9.97 Å². The molecule has 3 aromatic heterocycles. The van der Waals surface area contributed by atoms with Gasteiger partial charge in [-0.05, 0) is 36.6 Å². The molecule has 0 unspecified atom stereocenters. The van der Waals surface area contributed by atoms with Gasteiger partial charge in [-0.2, -0.15) is 13.2 Å². The Hall–Kier alpha value is -3.21. The van der Waals surface area contributed by atoms with E-state index in [0.717, 1.165) is 11.1 Å². The highest BCUT2D eigenvalue weighted by Gasteiger charge is 2.31. The molecule has 1 aromatic carbocycles. The van der Waals surface area contributed by atoms with Gasteiger partial charge in [-0.25, -0.2) is 9.78 Å². The number of aromatic nitrogens is 5. The molecule has 7 nitrogen and oxygen atoms in total. The number of halogens is 4. The van der Waals surface area contributed by atoms with Crippen molar-refractivity contribution in [1.82, 2.24) is 23.7 Å².